The van der Waals surface area contributed by atoms with Crippen molar-refractivity contribution in [2.45, 2.75) is 110 Å². The molecule has 2 saturated heterocycles. The minimum atomic E-state index is -1.56. The first kappa shape index (κ1) is 53.4. The van der Waals surface area contributed by atoms with E-state index in [1.54, 1.807) is 65.8 Å². The lowest BCUT2D eigenvalue weighted by molar-refractivity contribution is -0.127. The Labute approximate surface area is 423 Å². The van der Waals surface area contributed by atoms with Crippen molar-refractivity contribution in [2.75, 3.05) is 55.6 Å². The van der Waals surface area contributed by atoms with E-state index in [2.05, 4.69) is 23.8 Å². The van der Waals surface area contributed by atoms with Gasteiger partial charge in [0.15, 0.2) is 35.5 Å². The van der Waals surface area contributed by atoms with E-state index in [1.165, 1.54) is 48.3 Å². The number of nitrogens with two attached hydrogens (primary N) is 1. The lowest BCUT2D eigenvalue weighted by Crippen LogP contribution is -2.51. The highest BCUT2D eigenvalue weighted by Gasteiger charge is 2.48. The molecule has 0 bridgehead atoms. The van der Waals surface area contributed by atoms with E-state index in [0.29, 0.717) is 16.8 Å². The van der Waals surface area contributed by atoms with Gasteiger partial charge < -0.3 is 64.8 Å². The van der Waals surface area contributed by atoms with Crippen molar-refractivity contribution in [1.29, 1.82) is 0 Å². The molecule has 7 rings (SSSR count). The summed E-state index contributed by atoms with van der Waals surface area (Å²) in [6, 6.07) is 9.00. The molecule has 6 atom stereocenters. The molecule has 0 radical (unpaired) electrons. The van der Waals surface area contributed by atoms with Crippen LogP contribution in [0.3, 0.4) is 0 Å². The van der Waals surface area contributed by atoms with Crippen molar-refractivity contribution in [3.05, 3.63) is 89.5 Å². The molecule has 4 aliphatic rings. The standard InChI is InChI=1S/C52H65N7O14/c1-27(2)43(53)45(61)54-30(5)44(60)55-32-14-12-31(13-15-32)26-72-50(66)58-35-22-41(39(68-9)20-33(35)46(62)56-24-28(3)18-37(56)48(58)64)70-16-11-17-71-42-23-36-34(21-40(42)69-10)47(63)57-25-29(4)19-38(57)49(65)59(36)51(67)73-52(6,7)8/h12-15,20-23,27,30,37-38,43,48-49,64-65H,3-4,11,16-19,24-26,53H2,1-2,5-10H3,(H,54,61)(H,55,60)/t30-,37-,38-,43?,48-,49-/m0/s1. The SMILES string of the molecule is C=C1C[C@H]2[C@H](O)N(C(=O)OCc3ccc(NC(=O)[C@H](C)NC(=O)C(N)C(C)C)cc3)c3cc(OCCCOc4cc5c(cc4OC)C(=O)N4CC(=C)C[C@H]4[C@H](O)N5C(=O)OC(C)(C)C)c(OC)cc3C(=O)N2C1. The molecule has 21 heteroatoms. The summed E-state index contributed by atoms with van der Waals surface area (Å²) in [6.07, 6.45) is -4.11. The predicted molar refractivity (Wildman–Crippen MR) is 268 cm³/mol. The monoisotopic (exact) mass is 1010 g/mol. The van der Waals surface area contributed by atoms with Crippen molar-refractivity contribution in [1.82, 2.24) is 15.1 Å². The maximum absolute atomic E-state index is 14.2. The zero-order valence-corrected chi connectivity index (χ0v) is 42.4. The fourth-order valence-electron chi connectivity index (χ4n) is 8.93. The van der Waals surface area contributed by atoms with Gasteiger partial charge in [-0.05, 0) is 76.3 Å². The molecule has 1 unspecified atom stereocenters. The summed E-state index contributed by atoms with van der Waals surface area (Å²) in [5.41, 5.74) is 7.57. The highest BCUT2D eigenvalue weighted by atomic mass is 16.6. The number of nitrogens with one attached hydrogen (secondary N) is 2. The van der Waals surface area contributed by atoms with E-state index < -0.39 is 78.0 Å². The summed E-state index contributed by atoms with van der Waals surface area (Å²) in [5.74, 6) is -1.27. The van der Waals surface area contributed by atoms with Gasteiger partial charge in [0.25, 0.3) is 11.8 Å². The second-order valence-corrected chi connectivity index (χ2v) is 19.8. The number of hydrogen-bond donors (Lipinski definition) is 5. The van der Waals surface area contributed by atoms with E-state index in [-0.39, 0.29) is 104 Å². The lowest BCUT2D eigenvalue weighted by atomic mass is 10.0. The van der Waals surface area contributed by atoms with E-state index in [9.17, 15) is 39.0 Å². The molecule has 3 aromatic carbocycles. The van der Waals surface area contributed by atoms with Crippen LogP contribution in [0.1, 0.15) is 87.1 Å². The summed E-state index contributed by atoms with van der Waals surface area (Å²) < 4.78 is 35.1. The Morgan fingerprint density at radius 3 is 1.67 bits per heavy atom. The van der Waals surface area contributed by atoms with E-state index in [0.717, 1.165) is 15.4 Å². The Hall–Kier alpha value is -7.36. The number of fused-ring (bicyclic) bond motifs is 4. The largest absolute Gasteiger partial charge is 0.493 e. The molecule has 73 heavy (non-hydrogen) atoms. The van der Waals surface area contributed by atoms with Gasteiger partial charge in [-0.1, -0.05) is 50.3 Å². The number of nitrogens with zero attached hydrogens (tertiary/aromatic N) is 4. The van der Waals surface area contributed by atoms with Crippen molar-refractivity contribution in [2.24, 2.45) is 11.7 Å². The third-order valence-corrected chi connectivity index (χ3v) is 12.8. The Morgan fingerprint density at radius 2 is 1.22 bits per heavy atom. The number of carbonyl (C=O) groups is 6. The Bertz CT molecular complexity index is 2670. The van der Waals surface area contributed by atoms with Gasteiger partial charge in [0, 0.05) is 37.3 Å². The maximum Gasteiger partial charge on any atom is 0.417 e. The van der Waals surface area contributed by atoms with Gasteiger partial charge >= 0.3 is 12.2 Å². The fraction of sp³-hybridized carbons (Fsp3) is 0.462. The van der Waals surface area contributed by atoms with Gasteiger partial charge in [-0.25, -0.2) is 19.4 Å². The van der Waals surface area contributed by atoms with Gasteiger partial charge in [0.2, 0.25) is 11.8 Å². The second kappa shape index (κ2) is 21.8. The quantitative estimate of drug-likeness (QED) is 0.0984. The van der Waals surface area contributed by atoms with Crippen LogP contribution in [-0.2, 0) is 25.7 Å². The molecule has 4 aliphatic heterocycles. The normalized spacial score (nSPS) is 20.2. The molecule has 0 saturated carbocycles. The third kappa shape index (κ3) is 11.5. The molecule has 2 fully saturated rings. The highest BCUT2D eigenvalue weighted by Crippen LogP contribution is 2.44. The molecule has 392 valence electrons. The first-order chi connectivity index (χ1) is 34.5. The average Bonchev–Trinajstić information content (AvgIpc) is 3.90. The van der Waals surface area contributed by atoms with Gasteiger partial charge in [-0.2, -0.15) is 0 Å². The number of methoxy groups -OCH3 is 2. The molecule has 0 spiro atoms. The molecule has 21 nitrogen and oxygen atoms in total. The zero-order valence-electron chi connectivity index (χ0n) is 42.4. The number of rotatable bonds is 15. The predicted octanol–water partition coefficient (Wildman–Crippen LogP) is 5.07. The zero-order chi connectivity index (χ0) is 53.2. The number of carbonyl (C=O) groups excluding carboxylic acids is 6. The molecular formula is C52H65N7O14. The molecular weight excluding hydrogens is 947 g/mol. The number of benzene rings is 3. The van der Waals surface area contributed by atoms with Crippen LogP contribution in [0.2, 0.25) is 0 Å². The van der Waals surface area contributed by atoms with Gasteiger partial charge in [0.1, 0.15) is 18.2 Å². The van der Waals surface area contributed by atoms with Gasteiger partial charge in [-0.3, -0.25) is 19.2 Å². The van der Waals surface area contributed by atoms with Crippen LogP contribution in [0.4, 0.5) is 26.7 Å². The summed E-state index contributed by atoms with van der Waals surface area (Å²) in [5, 5.41) is 28.9. The van der Waals surface area contributed by atoms with Gasteiger partial charge in [-0.15, -0.1) is 0 Å². The molecule has 0 aliphatic carbocycles. The maximum atomic E-state index is 14.2. The number of ether oxygens (including phenoxy) is 6. The second-order valence-electron chi connectivity index (χ2n) is 19.8. The van der Waals surface area contributed by atoms with Crippen molar-refractivity contribution in [3.8, 4) is 23.0 Å². The number of aliphatic hydroxyl groups excluding tert-OH is 2. The van der Waals surface area contributed by atoms with Crippen LogP contribution in [0.25, 0.3) is 0 Å². The Morgan fingerprint density at radius 1 is 0.740 bits per heavy atom. The Balaban J connectivity index is 1.06. The van der Waals surface area contributed by atoms with Crippen molar-refractivity contribution < 1.29 is 67.4 Å². The third-order valence-electron chi connectivity index (χ3n) is 12.8. The van der Waals surface area contributed by atoms with Gasteiger partial charge in [0.05, 0.1) is 68.1 Å². The molecule has 0 aromatic heterocycles. The minimum Gasteiger partial charge on any atom is -0.493 e. The van der Waals surface area contributed by atoms with Crippen LogP contribution < -0.4 is 45.1 Å². The summed E-state index contributed by atoms with van der Waals surface area (Å²) >= 11 is 0. The first-order valence-corrected chi connectivity index (χ1v) is 24.0. The number of anilines is 3. The molecule has 3 aromatic rings. The molecule has 6 amide bonds. The van der Waals surface area contributed by atoms with Crippen molar-refractivity contribution in [3.63, 3.8) is 0 Å². The number of amides is 6. The highest BCUT2D eigenvalue weighted by molar-refractivity contribution is 6.07. The van der Waals surface area contributed by atoms with Crippen LogP contribution in [0.5, 0.6) is 23.0 Å². The topological polar surface area (TPSA) is 261 Å². The van der Waals surface area contributed by atoms with Crippen LogP contribution >= 0.6 is 0 Å². The smallest absolute Gasteiger partial charge is 0.417 e. The van der Waals surface area contributed by atoms with E-state index >= 15 is 0 Å². The van der Waals surface area contributed by atoms with E-state index in [4.69, 9.17) is 34.2 Å². The van der Waals surface area contributed by atoms with Crippen LogP contribution in [-0.4, -0.2) is 139 Å². The van der Waals surface area contributed by atoms with E-state index in [1.807, 2.05) is 0 Å². The fourth-order valence-corrected chi connectivity index (χ4v) is 8.93. The first-order valence-electron chi connectivity index (χ1n) is 24.0. The molecule has 4 heterocycles. The summed E-state index contributed by atoms with van der Waals surface area (Å²) in [6.45, 7) is 18.4. The van der Waals surface area contributed by atoms with Crippen LogP contribution in [0.15, 0.2) is 72.8 Å². The van der Waals surface area contributed by atoms with Crippen molar-refractivity contribution >= 4 is 52.9 Å². The lowest BCUT2D eigenvalue weighted by Gasteiger charge is -2.33. The molecule has 6 N–H and O–H groups in total. The average molecular weight is 1010 g/mol. The van der Waals surface area contributed by atoms with Crippen LogP contribution in [0, 0.1) is 5.92 Å². The number of hydrogen-bond acceptors (Lipinski definition) is 15. The number of aliphatic hydroxyl groups is 2. The minimum absolute atomic E-state index is 0.00829. The summed E-state index contributed by atoms with van der Waals surface area (Å²) in [4.78, 5) is 86.2. The summed E-state index contributed by atoms with van der Waals surface area (Å²) in [7, 11) is 2.80. The Kier molecular flexibility index (Phi) is 15.9.